The van der Waals surface area contributed by atoms with Gasteiger partial charge < -0.3 is 9.40 Å². The Labute approximate surface area is 65.3 Å². The number of aromatic amines is 2. The Bertz CT molecular complexity index is 533. The van der Waals surface area contributed by atoms with Crippen molar-refractivity contribution in [3.05, 3.63) is 26.7 Å². The van der Waals surface area contributed by atoms with Crippen LogP contribution in [-0.2, 0) is 0 Å². The van der Waals surface area contributed by atoms with E-state index in [0.717, 1.165) is 0 Å². The molecule has 0 aliphatic carbocycles. The van der Waals surface area contributed by atoms with Crippen molar-refractivity contribution in [2.45, 2.75) is 6.92 Å². The molecule has 0 fully saturated rings. The molecule has 0 saturated heterocycles. The standard InChI is InChI=1S/C6H5N3O3/c1-2-3-4(9-5(10)7-2)12-6(11)8-3/h1H3,(H,8,11)(H,7,9,10). The minimum Gasteiger partial charge on any atom is -0.388 e. The number of nitrogens with one attached hydrogen (secondary N) is 2. The van der Waals surface area contributed by atoms with E-state index in [0.29, 0.717) is 11.2 Å². The van der Waals surface area contributed by atoms with Gasteiger partial charge in [-0.25, -0.2) is 9.59 Å². The van der Waals surface area contributed by atoms with Crippen molar-refractivity contribution >= 4 is 11.2 Å². The van der Waals surface area contributed by atoms with Gasteiger partial charge in [0.05, 0.1) is 0 Å². The highest BCUT2D eigenvalue weighted by atomic mass is 16.4. The van der Waals surface area contributed by atoms with Crippen molar-refractivity contribution in [3.8, 4) is 0 Å². The van der Waals surface area contributed by atoms with Gasteiger partial charge in [0, 0.05) is 5.69 Å². The summed E-state index contributed by atoms with van der Waals surface area (Å²) < 4.78 is 4.59. The molecule has 0 spiro atoms. The Hall–Kier alpha value is -1.85. The molecule has 0 radical (unpaired) electrons. The topological polar surface area (TPSA) is 91.8 Å². The Balaban J connectivity index is 3.07. The van der Waals surface area contributed by atoms with Crippen LogP contribution in [0.2, 0.25) is 0 Å². The summed E-state index contributed by atoms with van der Waals surface area (Å²) in [5.41, 5.74) is 0.486. The number of aryl methyl sites for hydroxylation is 1. The molecule has 0 atom stereocenters. The normalized spacial score (nSPS) is 10.8. The molecule has 2 rings (SSSR count). The molecule has 0 aliphatic heterocycles. The van der Waals surface area contributed by atoms with Crippen molar-refractivity contribution in [2.75, 3.05) is 0 Å². The predicted octanol–water partition coefficient (Wildman–Crippen LogP) is -0.487. The van der Waals surface area contributed by atoms with Gasteiger partial charge in [0.2, 0.25) is 0 Å². The second-order valence-electron chi connectivity index (χ2n) is 2.36. The predicted molar refractivity (Wildman–Crippen MR) is 40.0 cm³/mol. The first kappa shape index (κ1) is 6.84. The van der Waals surface area contributed by atoms with E-state index in [1.54, 1.807) is 6.92 Å². The van der Waals surface area contributed by atoms with Crippen LogP contribution in [0.3, 0.4) is 0 Å². The smallest absolute Gasteiger partial charge is 0.388 e. The minimum atomic E-state index is -0.611. The summed E-state index contributed by atoms with van der Waals surface area (Å²) in [6, 6.07) is 0. The third-order valence-corrected chi connectivity index (χ3v) is 1.50. The van der Waals surface area contributed by atoms with Gasteiger partial charge in [-0.05, 0) is 6.92 Å². The summed E-state index contributed by atoms with van der Waals surface area (Å²) in [5, 5.41) is 0. The summed E-state index contributed by atoms with van der Waals surface area (Å²) in [5.74, 6) is -0.611. The lowest BCUT2D eigenvalue weighted by Crippen LogP contribution is -2.10. The molecule has 0 bridgehead atoms. The quantitative estimate of drug-likeness (QED) is 0.553. The minimum absolute atomic E-state index is 0.0428. The lowest BCUT2D eigenvalue weighted by atomic mass is 10.4. The van der Waals surface area contributed by atoms with Gasteiger partial charge in [-0.1, -0.05) is 0 Å². The van der Waals surface area contributed by atoms with E-state index in [4.69, 9.17) is 0 Å². The molecule has 62 valence electrons. The van der Waals surface area contributed by atoms with Crippen LogP contribution >= 0.6 is 0 Å². The SMILES string of the molecule is Cc1[nH]c(=O)nc2oc(=O)[nH]c12. The molecule has 0 aromatic carbocycles. The van der Waals surface area contributed by atoms with Crippen molar-refractivity contribution in [1.82, 2.24) is 15.0 Å². The molecule has 2 aromatic rings. The van der Waals surface area contributed by atoms with E-state index in [9.17, 15) is 9.59 Å². The molecule has 0 aliphatic rings. The molecule has 2 heterocycles. The van der Waals surface area contributed by atoms with Crippen molar-refractivity contribution in [2.24, 2.45) is 0 Å². The summed E-state index contributed by atoms with van der Waals surface area (Å²) in [6.07, 6.45) is 0. The average molecular weight is 167 g/mol. The first-order valence-corrected chi connectivity index (χ1v) is 3.26. The van der Waals surface area contributed by atoms with E-state index in [-0.39, 0.29) is 5.71 Å². The van der Waals surface area contributed by atoms with Crippen LogP contribution in [0.15, 0.2) is 14.0 Å². The Morgan fingerprint density at radius 1 is 1.33 bits per heavy atom. The fraction of sp³-hybridized carbons (Fsp3) is 0.167. The van der Waals surface area contributed by atoms with Gasteiger partial charge in [0.1, 0.15) is 5.52 Å². The van der Waals surface area contributed by atoms with Crippen LogP contribution in [0.25, 0.3) is 11.2 Å². The third-order valence-electron chi connectivity index (χ3n) is 1.50. The maximum absolute atomic E-state index is 10.8. The first-order valence-electron chi connectivity index (χ1n) is 3.26. The molecular weight excluding hydrogens is 162 g/mol. The maximum atomic E-state index is 10.8. The molecule has 0 amide bonds. The Morgan fingerprint density at radius 2 is 2.08 bits per heavy atom. The Morgan fingerprint density at radius 3 is 2.83 bits per heavy atom. The zero-order valence-corrected chi connectivity index (χ0v) is 6.17. The molecule has 0 unspecified atom stereocenters. The van der Waals surface area contributed by atoms with E-state index in [2.05, 4.69) is 19.4 Å². The number of nitrogens with zero attached hydrogens (tertiary/aromatic N) is 1. The average Bonchev–Trinajstić information content (AvgIpc) is 2.29. The second kappa shape index (κ2) is 2.07. The molecular formula is C6H5N3O3. The summed E-state index contributed by atoms with van der Waals surface area (Å²) in [4.78, 5) is 29.7. The Kier molecular flexibility index (Phi) is 1.18. The number of hydrogen-bond acceptors (Lipinski definition) is 4. The number of H-pyrrole nitrogens is 2. The highest BCUT2D eigenvalue weighted by molar-refractivity contribution is 5.69. The van der Waals surface area contributed by atoms with E-state index in [1.165, 1.54) is 0 Å². The third kappa shape index (κ3) is 0.849. The number of hydrogen-bond donors (Lipinski definition) is 2. The summed E-state index contributed by atoms with van der Waals surface area (Å²) in [7, 11) is 0. The summed E-state index contributed by atoms with van der Waals surface area (Å²) in [6.45, 7) is 1.65. The van der Waals surface area contributed by atoms with Crippen LogP contribution in [0.4, 0.5) is 0 Å². The fourth-order valence-corrected chi connectivity index (χ4v) is 0.996. The number of oxazole rings is 1. The van der Waals surface area contributed by atoms with Gasteiger partial charge in [-0.2, -0.15) is 4.98 Å². The van der Waals surface area contributed by atoms with Crippen LogP contribution in [0.1, 0.15) is 5.69 Å². The van der Waals surface area contributed by atoms with E-state index < -0.39 is 11.4 Å². The lowest BCUT2D eigenvalue weighted by molar-refractivity contribution is 0.544. The zero-order chi connectivity index (χ0) is 8.72. The molecule has 2 N–H and O–H groups in total. The largest absolute Gasteiger partial charge is 0.418 e. The van der Waals surface area contributed by atoms with Crippen molar-refractivity contribution in [1.29, 1.82) is 0 Å². The van der Waals surface area contributed by atoms with Crippen LogP contribution < -0.4 is 11.4 Å². The molecule has 2 aromatic heterocycles. The zero-order valence-electron chi connectivity index (χ0n) is 6.17. The fourth-order valence-electron chi connectivity index (χ4n) is 0.996. The van der Waals surface area contributed by atoms with E-state index in [1.807, 2.05) is 0 Å². The van der Waals surface area contributed by atoms with Crippen molar-refractivity contribution in [3.63, 3.8) is 0 Å². The number of rotatable bonds is 0. The monoisotopic (exact) mass is 167 g/mol. The van der Waals surface area contributed by atoms with Gasteiger partial charge in [0.15, 0.2) is 0 Å². The van der Waals surface area contributed by atoms with E-state index >= 15 is 0 Å². The van der Waals surface area contributed by atoms with Crippen LogP contribution in [0.5, 0.6) is 0 Å². The van der Waals surface area contributed by atoms with Crippen LogP contribution in [0, 0.1) is 6.92 Å². The molecule has 6 heteroatoms. The van der Waals surface area contributed by atoms with Gasteiger partial charge in [-0.3, -0.25) is 4.98 Å². The first-order chi connectivity index (χ1) is 5.66. The van der Waals surface area contributed by atoms with Gasteiger partial charge in [-0.15, -0.1) is 0 Å². The summed E-state index contributed by atoms with van der Waals surface area (Å²) >= 11 is 0. The molecule has 0 saturated carbocycles. The van der Waals surface area contributed by atoms with Gasteiger partial charge >= 0.3 is 11.4 Å². The van der Waals surface area contributed by atoms with Crippen molar-refractivity contribution < 1.29 is 4.42 Å². The maximum Gasteiger partial charge on any atom is 0.418 e. The van der Waals surface area contributed by atoms with Gasteiger partial charge in [0.25, 0.3) is 5.71 Å². The highest BCUT2D eigenvalue weighted by Crippen LogP contribution is 2.05. The number of aromatic nitrogens is 3. The lowest BCUT2D eigenvalue weighted by Gasteiger charge is -1.89. The molecule has 6 nitrogen and oxygen atoms in total. The number of fused-ring (bicyclic) bond motifs is 1. The highest BCUT2D eigenvalue weighted by Gasteiger charge is 2.05. The second-order valence-corrected chi connectivity index (χ2v) is 2.36. The van der Waals surface area contributed by atoms with Crippen LogP contribution in [-0.4, -0.2) is 15.0 Å². The molecule has 12 heavy (non-hydrogen) atoms.